The molecule has 2 aromatic carbocycles. The van der Waals surface area contributed by atoms with Crippen molar-refractivity contribution in [3.8, 4) is 5.75 Å². The topological polar surface area (TPSA) is 55.4 Å². The zero-order chi connectivity index (χ0) is 20.4. The molecule has 4 nitrogen and oxygen atoms in total. The van der Waals surface area contributed by atoms with Gasteiger partial charge in [-0.2, -0.15) is 0 Å². The largest absolute Gasteiger partial charge is 0.497 e. The molecule has 0 fully saturated rings. The van der Waals surface area contributed by atoms with Crippen LogP contribution in [0.3, 0.4) is 0 Å². The van der Waals surface area contributed by atoms with Gasteiger partial charge in [0.2, 0.25) is 10.0 Å². The molecule has 154 valence electrons. The maximum absolute atomic E-state index is 12.8. The van der Waals surface area contributed by atoms with Crippen LogP contribution in [0.1, 0.15) is 44.6 Å². The summed E-state index contributed by atoms with van der Waals surface area (Å²) in [5, 5.41) is 0. The molecule has 6 heteroatoms. The van der Waals surface area contributed by atoms with Crippen molar-refractivity contribution < 1.29 is 13.2 Å². The van der Waals surface area contributed by atoms with Gasteiger partial charge in [-0.25, -0.2) is 13.1 Å². The summed E-state index contributed by atoms with van der Waals surface area (Å²) in [7, 11) is -1.87. The average molecular weight is 422 g/mol. The first-order chi connectivity index (χ1) is 13.4. The Hall–Kier alpha value is -1.50. The van der Waals surface area contributed by atoms with Crippen LogP contribution in [-0.2, 0) is 10.0 Å². The van der Waals surface area contributed by atoms with E-state index in [0.29, 0.717) is 10.6 Å². The van der Waals surface area contributed by atoms with E-state index in [0.717, 1.165) is 35.5 Å². The number of nitrogens with one attached hydrogen (secondary N) is 1. The summed E-state index contributed by atoms with van der Waals surface area (Å²) in [6, 6.07) is 14.8. The third-order valence-electron chi connectivity index (χ3n) is 4.57. The summed E-state index contributed by atoms with van der Waals surface area (Å²) < 4.78 is 33.7. The van der Waals surface area contributed by atoms with Crippen LogP contribution < -0.4 is 9.46 Å². The lowest BCUT2D eigenvalue weighted by atomic mass is 10.1. The monoisotopic (exact) mass is 421 g/mol. The van der Waals surface area contributed by atoms with Gasteiger partial charge in [-0.05, 0) is 49.7 Å². The molecule has 0 aromatic heterocycles. The van der Waals surface area contributed by atoms with Crippen LogP contribution >= 0.6 is 11.8 Å². The van der Waals surface area contributed by atoms with E-state index in [1.807, 2.05) is 43.3 Å². The van der Waals surface area contributed by atoms with Gasteiger partial charge in [-0.3, -0.25) is 0 Å². The normalized spacial score (nSPS) is 12.7. The van der Waals surface area contributed by atoms with E-state index in [1.165, 1.54) is 12.8 Å². The number of ether oxygens (including phenoxy) is 1. The third kappa shape index (κ3) is 7.49. The minimum absolute atomic E-state index is 0.102. The zero-order valence-electron chi connectivity index (χ0n) is 17.0. The summed E-state index contributed by atoms with van der Waals surface area (Å²) in [4.78, 5) is 1.43. The molecule has 28 heavy (non-hydrogen) atoms. The van der Waals surface area contributed by atoms with Crippen molar-refractivity contribution in [1.29, 1.82) is 0 Å². The van der Waals surface area contributed by atoms with Gasteiger partial charge < -0.3 is 4.74 Å². The second-order valence-corrected chi connectivity index (χ2v) is 9.77. The number of methoxy groups -OCH3 is 1. The van der Waals surface area contributed by atoms with Crippen molar-refractivity contribution in [2.75, 3.05) is 12.9 Å². The number of hydrogen-bond donors (Lipinski definition) is 1. The smallest absolute Gasteiger partial charge is 0.240 e. The number of rotatable bonds is 12. The molecule has 2 aromatic rings. The average Bonchev–Trinajstić information content (AvgIpc) is 2.69. The predicted octanol–water partition coefficient (Wildman–Crippen LogP) is 5.41. The summed E-state index contributed by atoms with van der Waals surface area (Å²) in [5.41, 5.74) is 1.05. The predicted molar refractivity (Wildman–Crippen MR) is 118 cm³/mol. The summed E-state index contributed by atoms with van der Waals surface area (Å²) in [6.07, 6.45) is 5.35. The Morgan fingerprint density at radius 3 is 2.29 bits per heavy atom. The molecule has 2 rings (SSSR count). The van der Waals surface area contributed by atoms with Crippen molar-refractivity contribution in [3.05, 3.63) is 54.1 Å². The van der Waals surface area contributed by atoms with Gasteiger partial charge in [0, 0.05) is 16.7 Å². The van der Waals surface area contributed by atoms with Crippen molar-refractivity contribution >= 4 is 21.8 Å². The lowest BCUT2D eigenvalue weighted by Gasteiger charge is -2.19. The zero-order valence-corrected chi connectivity index (χ0v) is 18.6. The third-order valence-corrected chi connectivity index (χ3v) is 7.28. The van der Waals surface area contributed by atoms with Crippen LogP contribution in [0.2, 0.25) is 0 Å². The molecule has 0 aliphatic heterocycles. The highest BCUT2D eigenvalue weighted by molar-refractivity contribution is 7.99. The van der Waals surface area contributed by atoms with Crippen LogP contribution in [0.5, 0.6) is 5.75 Å². The first-order valence-corrected chi connectivity index (χ1v) is 12.3. The van der Waals surface area contributed by atoms with Crippen LogP contribution in [0, 0.1) is 6.92 Å². The summed E-state index contributed by atoms with van der Waals surface area (Å²) >= 11 is 1.67. The van der Waals surface area contributed by atoms with Gasteiger partial charge in [-0.15, -0.1) is 11.8 Å². The highest BCUT2D eigenvalue weighted by Crippen LogP contribution is 2.24. The molecule has 0 saturated carbocycles. The van der Waals surface area contributed by atoms with Crippen molar-refractivity contribution in [3.63, 3.8) is 0 Å². The highest BCUT2D eigenvalue weighted by atomic mass is 32.2. The van der Waals surface area contributed by atoms with E-state index in [9.17, 15) is 8.42 Å². The molecule has 1 N–H and O–H groups in total. The minimum Gasteiger partial charge on any atom is -0.497 e. The Balaban J connectivity index is 2.03. The first kappa shape index (κ1) is 22.8. The Morgan fingerprint density at radius 2 is 1.68 bits per heavy atom. The van der Waals surface area contributed by atoms with Gasteiger partial charge in [0.15, 0.2) is 0 Å². The van der Waals surface area contributed by atoms with Crippen molar-refractivity contribution in [1.82, 2.24) is 4.72 Å². The Kier molecular flexibility index (Phi) is 9.35. The number of thioether (sulfide) groups is 1. The molecule has 1 unspecified atom stereocenters. The lowest BCUT2D eigenvalue weighted by molar-refractivity contribution is 0.414. The maximum atomic E-state index is 12.8. The lowest BCUT2D eigenvalue weighted by Crippen LogP contribution is -2.36. The fourth-order valence-corrected chi connectivity index (χ4v) is 5.22. The van der Waals surface area contributed by atoms with Crippen molar-refractivity contribution in [2.45, 2.75) is 61.8 Å². The Morgan fingerprint density at radius 1 is 1.00 bits per heavy atom. The van der Waals surface area contributed by atoms with Crippen LogP contribution in [-0.4, -0.2) is 27.3 Å². The van der Waals surface area contributed by atoms with Crippen LogP contribution in [0.25, 0.3) is 0 Å². The van der Waals surface area contributed by atoms with E-state index < -0.39 is 10.0 Å². The molecule has 0 saturated heterocycles. The van der Waals surface area contributed by atoms with Gasteiger partial charge >= 0.3 is 0 Å². The molecular weight excluding hydrogens is 390 g/mol. The molecule has 0 amide bonds. The Labute approximate surface area is 174 Å². The first-order valence-electron chi connectivity index (χ1n) is 9.80. The minimum atomic E-state index is -3.52. The number of unbranched alkanes of at least 4 members (excludes halogenated alkanes) is 3. The summed E-state index contributed by atoms with van der Waals surface area (Å²) in [5.74, 6) is 1.52. The van der Waals surface area contributed by atoms with E-state index in [-0.39, 0.29) is 6.04 Å². The molecule has 0 radical (unpaired) electrons. The second-order valence-electron chi connectivity index (χ2n) is 6.97. The van der Waals surface area contributed by atoms with Crippen LogP contribution in [0.15, 0.2) is 58.3 Å². The standard InChI is InChI=1S/C22H31NO3S2/c1-4-5-6-7-8-19(17-27-21-13-11-20(26-3)12-14-21)23-28(24,25)22-15-9-18(2)10-16-22/h9-16,19,23H,4-8,17H2,1-3H3. The van der Waals surface area contributed by atoms with E-state index >= 15 is 0 Å². The SMILES string of the molecule is CCCCCCC(CSc1ccc(OC)cc1)NS(=O)(=O)c1ccc(C)cc1. The number of sulfonamides is 1. The number of hydrogen-bond acceptors (Lipinski definition) is 4. The molecule has 1 atom stereocenters. The highest BCUT2D eigenvalue weighted by Gasteiger charge is 2.20. The fraction of sp³-hybridized carbons (Fsp3) is 0.455. The van der Waals surface area contributed by atoms with Crippen molar-refractivity contribution in [2.24, 2.45) is 0 Å². The quantitative estimate of drug-likeness (QED) is 0.368. The van der Waals surface area contributed by atoms with E-state index in [4.69, 9.17) is 4.74 Å². The van der Waals surface area contributed by atoms with Gasteiger partial charge in [0.25, 0.3) is 0 Å². The van der Waals surface area contributed by atoms with Gasteiger partial charge in [0.1, 0.15) is 5.75 Å². The maximum Gasteiger partial charge on any atom is 0.240 e. The number of benzene rings is 2. The van der Waals surface area contributed by atoms with E-state index in [2.05, 4.69) is 11.6 Å². The number of aryl methyl sites for hydroxylation is 1. The molecule has 0 aliphatic carbocycles. The second kappa shape index (κ2) is 11.5. The van der Waals surface area contributed by atoms with Gasteiger partial charge in [0.05, 0.1) is 12.0 Å². The molecule has 0 spiro atoms. The molecule has 0 aliphatic rings. The fourth-order valence-electron chi connectivity index (χ4n) is 2.87. The Bertz CT molecular complexity index is 803. The summed E-state index contributed by atoms with van der Waals surface area (Å²) in [6.45, 7) is 4.13. The van der Waals surface area contributed by atoms with Crippen LogP contribution in [0.4, 0.5) is 0 Å². The van der Waals surface area contributed by atoms with E-state index in [1.54, 1.807) is 31.0 Å². The molecular formula is C22H31NO3S2. The van der Waals surface area contributed by atoms with Gasteiger partial charge in [-0.1, -0.05) is 50.3 Å². The molecule has 0 bridgehead atoms. The molecule has 0 heterocycles.